The van der Waals surface area contributed by atoms with Gasteiger partial charge in [0.15, 0.2) is 6.10 Å². The molecule has 156 valence electrons. The van der Waals surface area contributed by atoms with Crippen molar-refractivity contribution >= 4 is 33.4 Å². The minimum Gasteiger partial charge on any atom is -0.476 e. The molecule has 0 bridgehead atoms. The highest BCUT2D eigenvalue weighted by Crippen LogP contribution is 2.35. The first-order chi connectivity index (χ1) is 13.7. The van der Waals surface area contributed by atoms with Gasteiger partial charge >= 0.3 is 0 Å². The van der Waals surface area contributed by atoms with E-state index < -0.39 is 16.1 Å². The minimum atomic E-state index is -3.52. The Morgan fingerprint density at radius 2 is 1.97 bits per heavy atom. The summed E-state index contributed by atoms with van der Waals surface area (Å²) in [4.78, 5) is 12.6. The molecule has 0 aliphatic carbocycles. The van der Waals surface area contributed by atoms with E-state index in [0.29, 0.717) is 18.0 Å². The van der Waals surface area contributed by atoms with Gasteiger partial charge in [0.1, 0.15) is 5.75 Å². The molecule has 2 aromatic rings. The average Bonchev–Trinajstić information content (AvgIpc) is 2.66. The topological polar surface area (TPSA) is 75.7 Å². The highest BCUT2D eigenvalue weighted by molar-refractivity contribution is 7.98. The molecule has 0 saturated carbocycles. The summed E-state index contributed by atoms with van der Waals surface area (Å²) in [6.45, 7) is 4.41. The molecule has 3 rings (SSSR count). The molecule has 2 aromatic carbocycles. The highest BCUT2D eigenvalue weighted by Gasteiger charge is 2.34. The molecule has 1 N–H and O–H groups in total. The summed E-state index contributed by atoms with van der Waals surface area (Å²) in [5.74, 6) is 1.74. The molecular weight excluding hydrogens is 408 g/mol. The Morgan fingerprint density at radius 1 is 1.21 bits per heavy atom. The third-order valence-electron chi connectivity index (χ3n) is 4.57. The minimum absolute atomic E-state index is 0.0302. The average molecular weight is 435 g/mol. The third kappa shape index (κ3) is 5.67. The Hall–Kier alpha value is -2.19. The van der Waals surface area contributed by atoms with E-state index in [1.807, 2.05) is 19.1 Å². The van der Waals surface area contributed by atoms with Crippen molar-refractivity contribution in [2.24, 2.45) is 0 Å². The van der Waals surface area contributed by atoms with Crippen LogP contribution in [0.2, 0.25) is 0 Å². The maximum absolute atomic E-state index is 12.6. The van der Waals surface area contributed by atoms with Gasteiger partial charge in [0.05, 0.1) is 18.5 Å². The fourth-order valence-corrected chi connectivity index (χ4v) is 4.88. The van der Waals surface area contributed by atoms with E-state index in [9.17, 15) is 13.2 Å². The number of sulfonamides is 1. The molecule has 1 aliphatic heterocycles. The highest BCUT2D eigenvalue weighted by atomic mass is 32.2. The van der Waals surface area contributed by atoms with Crippen LogP contribution >= 0.6 is 11.8 Å². The van der Waals surface area contributed by atoms with E-state index in [1.54, 1.807) is 23.9 Å². The molecule has 0 unspecified atom stereocenters. The van der Waals surface area contributed by atoms with Crippen molar-refractivity contribution in [1.82, 2.24) is 5.32 Å². The first-order valence-corrected chi connectivity index (χ1v) is 12.4. The van der Waals surface area contributed by atoms with Gasteiger partial charge in [-0.1, -0.05) is 35.9 Å². The summed E-state index contributed by atoms with van der Waals surface area (Å²) in [6.07, 6.45) is 0.267. The zero-order valence-electron chi connectivity index (χ0n) is 16.8. The van der Waals surface area contributed by atoms with Gasteiger partial charge in [0.25, 0.3) is 5.91 Å². The number of ether oxygens (including phenoxy) is 1. The Labute approximate surface area is 176 Å². The van der Waals surface area contributed by atoms with Crippen molar-refractivity contribution < 1.29 is 17.9 Å². The summed E-state index contributed by atoms with van der Waals surface area (Å²) in [6, 6.07) is 13.7. The lowest BCUT2D eigenvalue weighted by Crippen LogP contribution is -2.50. The lowest BCUT2D eigenvalue weighted by Gasteiger charge is -2.34. The second-order valence-electron chi connectivity index (χ2n) is 7.20. The number of amides is 1. The van der Waals surface area contributed by atoms with Crippen LogP contribution in [0.1, 0.15) is 16.7 Å². The molecule has 0 spiro atoms. The molecular formula is C21H26N2O4S2. The summed E-state index contributed by atoms with van der Waals surface area (Å²) in [7, 11) is -3.52. The molecule has 1 heterocycles. The van der Waals surface area contributed by atoms with Crippen LogP contribution in [0.4, 0.5) is 5.69 Å². The predicted octanol–water partition coefficient (Wildman–Crippen LogP) is 2.88. The Balaban J connectivity index is 1.55. The van der Waals surface area contributed by atoms with E-state index in [1.165, 1.54) is 15.4 Å². The summed E-state index contributed by atoms with van der Waals surface area (Å²) < 4.78 is 31.5. The normalized spacial score (nSPS) is 16.1. The molecule has 8 heteroatoms. The number of fused-ring (bicyclic) bond motifs is 1. The third-order valence-corrected chi connectivity index (χ3v) is 6.75. The van der Waals surface area contributed by atoms with Crippen molar-refractivity contribution in [3.63, 3.8) is 0 Å². The lowest BCUT2D eigenvalue weighted by atomic mass is 10.1. The summed E-state index contributed by atoms with van der Waals surface area (Å²) in [5.41, 5.74) is 3.89. The SMILES string of the molecule is Cc1cccc(CSCCNC(=O)[C@@H]2CN(S(C)(=O)=O)c3cc(C)ccc3O2)c1. The van der Waals surface area contributed by atoms with Gasteiger partial charge in [-0.05, 0) is 37.1 Å². The van der Waals surface area contributed by atoms with Gasteiger partial charge < -0.3 is 10.1 Å². The molecule has 0 radical (unpaired) electrons. The van der Waals surface area contributed by atoms with Gasteiger partial charge in [-0.25, -0.2) is 8.42 Å². The number of benzene rings is 2. The largest absolute Gasteiger partial charge is 0.476 e. The van der Waals surface area contributed by atoms with Crippen molar-refractivity contribution in [2.45, 2.75) is 25.7 Å². The van der Waals surface area contributed by atoms with E-state index in [2.05, 4.69) is 30.4 Å². The molecule has 6 nitrogen and oxygen atoms in total. The molecule has 29 heavy (non-hydrogen) atoms. The number of anilines is 1. The number of carbonyl (C=O) groups is 1. The fraction of sp³-hybridized carbons (Fsp3) is 0.381. The van der Waals surface area contributed by atoms with Crippen LogP contribution in [0.3, 0.4) is 0 Å². The Morgan fingerprint density at radius 3 is 2.69 bits per heavy atom. The zero-order valence-corrected chi connectivity index (χ0v) is 18.5. The van der Waals surface area contributed by atoms with Gasteiger partial charge in [0.2, 0.25) is 10.0 Å². The molecule has 0 fully saturated rings. The van der Waals surface area contributed by atoms with Gasteiger partial charge in [-0.3, -0.25) is 9.10 Å². The summed E-state index contributed by atoms with van der Waals surface area (Å²) >= 11 is 1.74. The standard InChI is InChI=1S/C21H26N2O4S2/c1-15-5-4-6-17(11-15)14-28-10-9-22-21(24)20-13-23(29(3,25)26)18-12-16(2)7-8-19(18)27-20/h4-8,11-12,20H,9-10,13-14H2,1-3H3,(H,22,24)/t20-/m0/s1. The van der Waals surface area contributed by atoms with E-state index in [-0.39, 0.29) is 12.5 Å². The molecule has 1 atom stereocenters. The second kappa shape index (κ2) is 9.09. The number of nitrogens with one attached hydrogen (secondary N) is 1. The molecule has 1 aliphatic rings. The van der Waals surface area contributed by atoms with Gasteiger partial charge in [-0.15, -0.1) is 0 Å². The summed E-state index contributed by atoms with van der Waals surface area (Å²) in [5, 5.41) is 2.86. The van der Waals surface area contributed by atoms with Crippen molar-refractivity contribution in [1.29, 1.82) is 0 Å². The van der Waals surface area contributed by atoms with E-state index in [4.69, 9.17) is 4.74 Å². The first-order valence-electron chi connectivity index (χ1n) is 9.40. The first kappa shape index (κ1) is 21.5. The number of rotatable bonds is 7. The Bertz CT molecular complexity index is 992. The van der Waals surface area contributed by atoms with Crippen molar-refractivity contribution in [2.75, 3.05) is 29.4 Å². The van der Waals surface area contributed by atoms with Crippen LogP contribution < -0.4 is 14.4 Å². The number of hydrogen-bond donors (Lipinski definition) is 1. The van der Waals surface area contributed by atoms with Crippen LogP contribution in [0.15, 0.2) is 42.5 Å². The lowest BCUT2D eigenvalue weighted by molar-refractivity contribution is -0.127. The predicted molar refractivity (Wildman–Crippen MR) is 118 cm³/mol. The second-order valence-corrected chi connectivity index (χ2v) is 10.2. The number of nitrogens with zero attached hydrogens (tertiary/aromatic N) is 1. The van der Waals surface area contributed by atoms with Crippen LogP contribution in [0, 0.1) is 13.8 Å². The van der Waals surface area contributed by atoms with E-state index in [0.717, 1.165) is 23.3 Å². The number of carbonyl (C=O) groups excluding carboxylic acids is 1. The zero-order chi connectivity index (χ0) is 21.0. The van der Waals surface area contributed by atoms with Crippen LogP contribution in [-0.4, -0.2) is 45.5 Å². The number of hydrogen-bond acceptors (Lipinski definition) is 5. The number of aryl methyl sites for hydroxylation is 2. The fourth-order valence-electron chi connectivity index (χ4n) is 3.16. The Kier molecular flexibility index (Phi) is 6.74. The molecule has 0 aromatic heterocycles. The van der Waals surface area contributed by atoms with Crippen LogP contribution in [0.5, 0.6) is 5.75 Å². The van der Waals surface area contributed by atoms with Gasteiger partial charge in [0, 0.05) is 18.1 Å². The van der Waals surface area contributed by atoms with Crippen LogP contribution in [0.25, 0.3) is 0 Å². The molecule has 1 amide bonds. The van der Waals surface area contributed by atoms with Crippen molar-refractivity contribution in [3.8, 4) is 5.75 Å². The van der Waals surface area contributed by atoms with E-state index >= 15 is 0 Å². The smallest absolute Gasteiger partial charge is 0.263 e. The van der Waals surface area contributed by atoms with Gasteiger partial charge in [-0.2, -0.15) is 11.8 Å². The molecule has 0 saturated heterocycles. The van der Waals surface area contributed by atoms with Crippen LogP contribution in [-0.2, 0) is 20.6 Å². The van der Waals surface area contributed by atoms with Crippen molar-refractivity contribution in [3.05, 3.63) is 59.2 Å². The monoisotopic (exact) mass is 434 g/mol. The maximum atomic E-state index is 12.6. The number of thioether (sulfide) groups is 1. The maximum Gasteiger partial charge on any atom is 0.263 e. The quantitative estimate of drug-likeness (QED) is 0.678.